The number of halogens is 2. The van der Waals surface area contributed by atoms with E-state index in [1.54, 1.807) is 6.07 Å². The number of rotatable bonds is 3. The Kier molecular flexibility index (Phi) is 5.11. The standard InChI is InChI=1S/C13H11Cl2N2O4P/c14-8-5-9(15)7-10(6-8)16-13(18)17-11-3-1-2-4-12(11)22(19,20)21/h1-7H,(H2,16,17,18)(H2,19,20,21). The lowest BCUT2D eigenvalue weighted by atomic mass is 10.3. The first-order chi connectivity index (χ1) is 10.3. The summed E-state index contributed by atoms with van der Waals surface area (Å²) in [7, 11) is -4.49. The molecule has 2 aromatic carbocycles. The molecular weight excluding hydrogens is 350 g/mol. The number of carbonyl (C=O) groups excluding carboxylic acids is 1. The minimum absolute atomic E-state index is 0.0152. The third kappa shape index (κ3) is 4.47. The zero-order valence-corrected chi connectivity index (χ0v) is 13.4. The summed E-state index contributed by atoms with van der Waals surface area (Å²) in [4.78, 5) is 30.4. The van der Waals surface area contributed by atoms with Crippen LogP contribution in [-0.4, -0.2) is 15.8 Å². The summed E-state index contributed by atoms with van der Waals surface area (Å²) < 4.78 is 11.4. The molecule has 4 N–H and O–H groups in total. The molecule has 0 aliphatic heterocycles. The van der Waals surface area contributed by atoms with Crippen molar-refractivity contribution in [2.45, 2.75) is 0 Å². The highest BCUT2D eigenvalue weighted by atomic mass is 35.5. The second-order valence-electron chi connectivity index (χ2n) is 4.30. The van der Waals surface area contributed by atoms with Crippen molar-refractivity contribution in [2.24, 2.45) is 0 Å². The summed E-state index contributed by atoms with van der Waals surface area (Å²) in [6.07, 6.45) is 0. The molecule has 2 rings (SSSR count). The van der Waals surface area contributed by atoms with E-state index in [0.717, 1.165) is 0 Å². The number of urea groups is 1. The molecule has 0 atom stereocenters. The predicted octanol–water partition coefficient (Wildman–Crippen LogP) is 3.44. The fourth-order valence-corrected chi connectivity index (χ4v) is 2.99. The van der Waals surface area contributed by atoms with Crippen LogP contribution in [0.4, 0.5) is 16.2 Å². The molecule has 22 heavy (non-hydrogen) atoms. The van der Waals surface area contributed by atoms with Crippen LogP contribution in [0.15, 0.2) is 42.5 Å². The van der Waals surface area contributed by atoms with Gasteiger partial charge in [0.2, 0.25) is 0 Å². The number of amides is 2. The number of anilines is 2. The van der Waals surface area contributed by atoms with Gasteiger partial charge in [0.25, 0.3) is 0 Å². The van der Waals surface area contributed by atoms with E-state index in [0.29, 0.717) is 15.7 Å². The van der Waals surface area contributed by atoms with Gasteiger partial charge in [-0.05, 0) is 30.3 Å². The summed E-state index contributed by atoms with van der Waals surface area (Å²) in [5, 5.41) is 5.28. The number of para-hydroxylation sites is 1. The van der Waals surface area contributed by atoms with E-state index in [1.807, 2.05) is 0 Å². The van der Waals surface area contributed by atoms with Gasteiger partial charge in [0.05, 0.1) is 11.0 Å². The van der Waals surface area contributed by atoms with Gasteiger partial charge in [-0.25, -0.2) is 4.79 Å². The van der Waals surface area contributed by atoms with Crippen LogP contribution in [-0.2, 0) is 4.57 Å². The quantitative estimate of drug-likeness (QED) is 0.630. The smallest absolute Gasteiger partial charge is 0.321 e. The number of nitrogens with one attached hydrogen (secondary N) is 2. The van der Waals surface area contributed by atoms with E-state index in [2.05, 4.69) is 10.6 Å². The van der Waals surface area contributed by atoms with Gasteiger partial charge in [0.15, 0.2) is 0 Å². The first-order valence-corrected chi connectivity index (χ1v) is 8.32. The summed E-state index contributed by atoms with van der Waals surface area (Å²) in [6.45, 7) is 0. The van der Waals surface area contributed by atoms with Crippen molar-refractivity contribution < 1.29 is 19.1 Å². The Hall–Kier alpha value is -1.56. The van der Waals surface area contributed by atoms with E-state index < -0.39 is 13.6 Å². The lowest BCUT2D eigenvalue weighted by molar-refractivity contribution is 0.262. The van der Waals surface area contributed by atoms with Crippen molar-refractivity contribution >= 4 is 53.5 Å². The molecule has 0 heterocycles. The lowest BCUT2D eigenvalue weighted by Crippen LogP contribution is -2.23. The van der Waals surface area contributed by atoms with E-state index >= 15 is 0 Å². The number of carbonyl (C=O) groups is 1. The van der Waals surface area contributed by atoms with Gasteiger partial charge >= 0.3 is 13.6 Å². The van der Waals surface area contributed by atoms with Gasteiger partial charge in [0.1, 0.15) is 0 Å². The Labute approximate surface area is 136 Å². The highest BCUT2D eigenvalue weighted by Gasteiger charge is 2.21. The van der Waals surface area contributed by atoms with Gasteiger partial charge in [-0.1, -0.05) is 35.3 Å². The second kappa shape index (κ2) is 6.69. The highest BCUT2D eigenvalue weighted by Crippen LogP contribution is 2.36. The van der Waals surface area contributed by atoms with E-state index in [4.69, 9.17) is 23.2 Å². The Morgan fingerprint density at radius 3 is 2.18 bits per heavy atom. The van der Waals surface area contributed by atoms with Gasteiger partial charge < -0.3 is 20.4 Å². The first-order valence-electron chi connectivity index (χ1n) is 5.95. The molecule has 9 heteroatoms. The van der Waals surface area contributed by atoms with Crippen LogP contribution in [0.1, 0.15) is 0 Å². The Morgan fingerprint density at radius 1 is 1.00 bits per heavy atom. The molecule has 116 valence electrons. The van der Waals surface area contributed by atoms with Crippen molar-refractivity contribution in [2.75, 3.05) is 10.6 Å². The molecule has 0 aliphatic carbocycles. The SMILES string of the molecule is O=C(Nc1cc(Cl)cc(Cl)c1)Nc1ccccc1P(=O)(O)O. The summed E-state index contributed by atoms with van der Waals surface area (Å²) in [5.74, 6) is 0. The fraction of sp³-hybridized carbons (Fsp3) is 0. The van der Waals surface area contributed by atoms with E-state index in [9.17, 15) is 19.1 Å². The summed E-state index contributed by atoms with van der Waals surface area (Å²) >= 11 is 11.6. The van der Waals surface area contributed by atoms with Gasteiger partial charge in [-0.15, -0.1) is 0 Å². The minimum atomic E-state index is -4.49. The number of benzene rings is 2. The molecule has 0 radical (unpaired) electrons. The molecule has 0 fully saturated rings. The Morgan fingerprint density at radius 2 is 1.59 bits per heavy atom. The maximum atomic E-state index is 11.9. The largest absolute Gasteiger partial charge is 0.358 e. The topological polar surface area (TPSA) is 98.7 Å². The van der Waals surface area contributed by atoms with Crippen LogP contribution in [0.25, 0.3) is 0 Å². The number of hydrogen-bond acceptors (Lipinski definition) is 2. The van der Waals surface area contributed by atoms with E-state index in [1.165, 1.54) is 36.4 Å². The molecule has 2 amide bonds. The molecule has 0 saturated carbocycles. The van der Waals surface area contributed by atoms with Crippen molar-refractivity contribution in [3.8, 4) is 0 Å². The van der Waals surface area contributed by atoms with Crippen LogP contribution in [0.2, 0.25) is 10.0 Å². The zero-order chi connectivity index (χ0) is 16.3. The summed E-state index contributed by atoms with van der Waals surface area (Å²) in [5.41, 5.74) is 0.366. The van der Waals surface area contributed by atoms with Crippen molar-refractivity contribution in [1.82, 2.24) is 0 Å². The number of hydrogen-bond donors (Lipinski definition) is 4. The molecule has 0 spiro atoms. The molecule has 0 aliphatic rings. The Bertz CT molecular complexity index is 743. The third-order valence-corrected chi connectivity index (χ3v) is 4.04. The van der Waals surface area contributed by atoms with Crippen molar-refractivity contribution in [1.29, 1.82) is 0 Å². The third-order valence-electron chi connectivity index (χ3n) is 2.59. The maximum absolute atomic E-state index is 11.9. The van der Waals surface area contributed by atoms with Crippen molar-refractivity contribution in [3.63, 3.8) is 0 Å². The molecule has 0 unspecified atom stereocenters. The molecule has 0 aromatic heterocycles. The molecule has 0 bridgehead atoms. The van der Waals surface area contributed by atoms with Gasteiger partial charge in [-0.3, -0.25) is 4.57 Å². The molecule has 0 saturated heterocycles. The van der Waals surface area contributed by atoms with Gasteiger partial charge in [-0.2, -0.15) is 0 Å². The highest BCUT2D eigenvalue weighted by molar-refractivity contribution is 7.60. The molecule has 6 nitrogen and oxygen atoms in total. The van der Waals surface area contributed by atoms with Crippen LogP contribution >= 0.6 is 30.8 Å². The van der Waals surface area contributed by atoms with Gasteiger partial charge in [0, 0.05) is 15.7 Å². The zero-order valence-electron chi connectivity index (χ0n) is 11.0. The average molecular weight is 361 g/mol. The monoisotopic (exact) mass is 360 g/mol. The van der Waals surface area contributed by atoms with Crippen LogP contribution in [0, 0.1) is 0 Å². The first kappa shape index (κ1) is 16.8. The van der Waals surface area contributed by atoms with Crippen molar-refractivity contribution in [3.05, 3.63) is 52.5 Å². The van der Waals surface area contributed by atoms with E-state index in [-0.39, 0.29) is 11.0 Å². The lowest BCUT2D eigenvalue weighted by Gasteiger charge is -2.13. The van der Waals surface area contributed by atoms with Crippen LogP contribution in [0.5, 0.6) is 0 Å². The summed E-state index contributed by atoms with van der Waals surface area (Å²) in [6, 6.07) is 9.45. The predicted molar refractivity (Wildman–Crippen MR) is 87.2 cm³/mol. The average Bonchev–Trinajstić information content (AvgIpc) is 2.36. The Balaban J connectivity index is 2.18. The van der Waals surface area contributed by atoms with Crippen LogP contribution in [0.3, 0.4) is 0 Å². The molecular formula is C13H11Cl2N2O4P. The van der Waals surface area contributed by atoms with Crippen LogP contribution < -0.4 is 15.9 Å². The second-order valence-corrected chi connectivity index (χ2v) is 6.74. The normalized spacial score (nSPS) is 11.1. The fourth-order valence-electron chi connectivity index (χ4n) is 1.74. The molecule has 2 aromatic rings. The maximum Gasteiger partial charge on any atom is 0.358 e. The minimum Gasteiger partial charge on any atom is -0.321 e.